The van der Waals surface area contributed by atoms with Gasteiger partial charge in [0.1, 0.15) is 17.2 Å². The first-order chi connectivity index (χ1) is 12.3. The summed E-state index contributed by atoms with van der Waals surface area (Å²) in [5.41, 5.74) is 2.13. The van der Waals surface area contributed by atoms with Crippen molar-refractivity contribution in [2.75, 3.05) is 13.7 Å². The van der Waals surface area contributed by atoms with Crippen molar-refractivity contribution >= 4 is 5.71 Å². The van der Waals surface area contributed by atoms with Gasteiger partial charge in [-0.25, -0.2) is 0 Å². The van der Waals surface area contributed by atoms with Gasteiger partial charge in [0.25, 0.3) is 0 Å². The minimum atomic E-state index is 0.505. The van der Waals surface area contributed by atoms with Crippen LogP contribution in [0.2, 0.25) is 0 Å². The third-order valence-corrected chi connectivity index (χ3v) is 4.09. The normalized spacial score (nSPS) is 11.4. The molecule has 0 saturated heterocycles. The minimum absolute atomic E-state index is 0.505. The average Bonchev–Trinajstić information content (AvgIpc) is 2.66. The van der Waals surface area contributed by atoms with Gasteiger partial charge in [0.15, 0.2) is 0 Å². The predicted octanol–water partition coefficient (Wildman–Crippen LogP) is 5.27. The molecule has 2 aromatic carbocycles. The van der Waals surface area contributed by atoms with Crippen molar-refractivity contribution < 1.29 is 14.7 Å². The third-order valence-electron chi connectivity index (χ3n) is 4.09. The molecule has 0 atom stereocenters. The Morgan fingerprint density at radius 1 is 0.920 bits per heavy atom. The SMILES string of the molecule is CCCCCCCOc1ccc(C(=NO)c2cccc(OC)c2)cc1. The van der Waals surface area contributed by atoms with E-state index in [1.807, 2.05) is 48.5 Å². The molecular weight excluding hydrogens is 314 g/mol. The van der Waals surface area contributed by atoms with Crippen molar-refractivity contribution in [2.24, 2.45) is 5.16 Å². The summed E-state index contributed by atoms with van der Waals surface area (Å²) in [5.74, 6) is 1.56. The van der Waals surface area contributed by atoms with Gasteiger partial charge in [0.05, 0.1) is 13.7 Å². The fourth-order valence-corrected chi connectivity index (χ4v) is 2.66. The lowest BCUT2D eigenvalue weighted by molar-refractivity contribution is 0.304. The monoisotopic (exact) mass is 341 g/mol. The van der Waals surface area contributed by atoms with E-state index in [2.05, 4.69) is 12.1 Å². The molecule has 4 nitrogen and oxygen atoms in total. The van der Waals surface area contributed by atoms with Crippen molar-refractivity contribution in [3.05, 3.63) is 59.7 Å². The van der Waals surface area contributed by atoms with E-state index >= 15 is 0 Å². The maximum Gasteiger partial charge on any atom is 0.119 e. The molecule has 25 heavy (non-hydrogen) atoms. The van der Waals surface area contributed by atoms with Crippen LogP contribution >= 0.6 is 0 Å². The Morgan fingerprint density at radius 2 is 1.68 bits per heavy atom. The molecule has 0 saturated carbocycles. The molecule has 0 aliphatic heterocycles. The molecule has 0 amide bonds. The Bertz CT molecular complexity index is 665. The number of nitrogens with zero attached hydrogens (tertiary/aromatic N) is 1. The first-order valence-corrected chi connectivity index (χ1v) is 8.88. The summed E-state index contributed by atoms with van der Waals surface area (Å²) in [4.78, 5) is 0. The summed E-state index contributed by atoms with van der Waals surface area (Å²) >= 11 is 0. The zero-order valence-electron chi connectivity index (χ0n) is 15.1. The van der Waals surface area contributed by atoms with Gasteiger partial charge in [-0.2, -0.15) is 0 Å². The number of benzene rings is 2. The Hall–Kier alpha value is -2.49. The van der Waals surface area contributed by atoms with Crippen molar-refractivity contribution in [1.29, 1.82) is 0 Å². The molecule has 0 aliphatic rings. The molecule has 0 unspecified atom stereocenters. The van der Waals surface area contributed by atoms with Gasteiger partial charge in [-0.1, -0.05) is 49.9 Å². The van der Waals surface area contributed by atoms with Crippen LogP contribution in [0.5, 0.6) is 11.5 Å². The number of methoxy groups -OCH3 is 1. The molecule has 0 bridgehead atoms. The molecule has 0 aliphatic carbocycles. The highest BCUT2D eigenvalue weighted by atomic mass is 16.5. The first kappa shape index (κ1) is 18.8. The van der Waals surface area contributed by atoms with Gasteiger partial charge in [-0.05, 0) is 42.8 Å². The zero-order valence-corrected chi connectivity index (χ0v) is 15.1. The van der Waals surface area contributed by atoms with E-state index in [0.717, 1.165) is 35.7 Å². The van der Waals surface area contributed by atoms with Gasteiger partial charge >= 0.3 is 0 Å². The molecule has 2 rings (SSSR count). The molecule has 0 aromatic heterocycles. The smallest absolute Gasteiger partial charge is 0.119 e. The van der Waals surface area contributed by atoms with Gasteiger partial charge in [-0.15, -0.1) is 0 Å². The summed E-state index contributed by atoms with van der Waals surface area (Å²) in [6.45, 7) is 2.95. The Kier molecular flexibility index (Phi) is 7.83. The Morgan fingerprint density at radius 3 is 2.36 bits per heavy atom. The van der Waals surface area contributed by atoms with Crippen LogP contribution < -0.4 is 9.47 Å². The highest BCUT2D eigenvalue weighted by molar-refractivity contribution is 6.12. The summed E-state index contributed by atoms with van der Waals surface area (Å²) in [6.07, 6.45) is 6.11. The Balaban J connectivity index is 1.95. The van der Waals surface area contributed by atoms with E-state index < -0.39 is 0 Å². The maximum absolute atomic E-state index is 9.43. The lowest BCUT2D eigenvalue weighted by Gasteiger charge is -2.09. The number of hydrogen-bond acceptors (Lipinski definition) is 4. The standard InChI is InChI=1S/C21H27NO3/c1-3-4-5-6-7-15-25-19-13-11-17(12-14-19)21(22-23)18-9-8-10-20(16-18)24-2/h8-14,16,23H,3-7,15H2,1-2H3. The highest BCUT2D eigenvalue weighted by Gasteiger charge is 2.09. The van der Waals surface area contributed by atoms with Crippen LogP contribution in [0.1, 0.15) is 50.2 Å². The van der Waals surface area contributed by atoms with Crippen molar-refractivity contribution in [3.63, 3.8) is 0 Å². The van der Waals surface area contributed by atoms with Crippen LogP contribution in [0.3, 0.4) is 0 Å². The second-order valence-electron chi connectivity index (χ2n) is 5.97. The molecule has 0 fully saturated rings. The maximum atomic E-state index is 9.43. The summed E-state index contributed by atoms with van der Waals surface area (Å²) in [6, 6.07) is 15.1. The van der Waals surface area contributed by atoms with Crippen LogP contribution in [0.25, 0.3) is 0 Å². The van der Waals surface area contributed by atoms with Gasteiger partial charge in [0, 0.05) is 11.1 Å². The Labute approximate surface area is 150 Å². The molecule has 2 aromatic rings. The number of hydrogen-bond donors (Lipinski definition) is 1. The van der Waals surface area contributed by atoms with Crippen LogP contribution in [-0.2, 0) is 0 Å². The van der Waals surface area contributed by atoms with E-state index in [1.54, 1.807) is 7.11 Å². The number of unbranched alkanes of at least 4 members (excludes halogenated alkanes) is 4. The van der Waals surface area contributed by atoms with Crippen molar-refractivity contribution in [2.45, 2.75) is 39.0 Å². The third kappa shape index (κ3) is 5.82. The van der Waals surface area contributed by atoms with Crippen molar-refractivity contribution in [1.82, 2.24) is 0 Å². The summed E-state index contributed by atoms with van der Waals surface area (Å²) in [7, 11) is 1.61. The lowest BCUT2D eigenvalue weighted by atomic mass is 10.0. The van der Waals surface area contributed by atoms with Crippen LogP contribution in [0, 0.1) is 0 Å². The van der Waals surface area contributed by atoms with E-state index in [0.29, 0.717) is 5.71 Å². The second-order valence-corrected chi connectivity index (χ2v) is 5.97. The van der Waals surface area contributed by atoms with E-state index in [9.17, 15) is 5.21 Å². The van der Waals surface area contributed by atoms with Crippen LogP contribution in [0.4, 0.5) is 0 Å². The van der Waals surface area contributed by atoms with Crippen molar-refractivity contribution in [3.8, 4) is 11.5 Å². The quantitative estimate of drug-likeness (QED) is 0.277. The lowest BCUT2D eigenvalue weighted by Crippen LogP contribution is -2.04. The number of rotatable bonds is 10. The van der Waals surface area contributed by atoms with Crippen LogP contribution in [0.15, 0.2) is 53.7 Å². The minimum Gasteiger partial charge on any atom is -0.497 e. The molecular formula is C21H27NO3. The molecule has 134 valence electrons. The first-order valence-electron chi connectivity index (χ1n) is 8.88. The van der Waals surface area contributed by atoms with Gasteiger partial charge in [0.2, 0.25) is 0 Å². The largest absolute Gasteiger partial charge is 0.497 e. The molecule has 0 spiro atoms. The fraction of sp³-hybridized carbons (Fsp3) is 0.381. The summed E-state index contributed by atoms with van der Waals surface area (Å²) < 4.78 is 11.0. The predicted molar refractivity (Wildman–Crippen MR) is 101 cm³/mol. The molecule has 4 heteroatoms. The average molecular weight is 341 g/mol. The summed E-state index contributed by atoms with van der Waals surface area (Å²) in [5, 5.41) is 12.9. The zero-order chi connectivity index (χ0) is 17.9. The van der Waals surface area contributed by atoms with E-state index in [4.69, 9.17) is 9.47 Å². The van der Waals surface area contributed by atoms with E-state index in [-0.39, 0.29) is 0 Å². The number of ether oxygens (including phenoxy) is 2. The molecule has 1 N–H and O–H groups in total. The number of oxime groups is 1. The molecule has 0 heterocycles. The topological polar surface area (TPSA) is 51.0 Å². The van der Waals surface area contributed by atoms with Crippen LogP contribution in [-0.4, -0.2) is 24.6 Å². The highest BCUT2D eigenvalue weighted by Crippen LogP contribution is 2.19. The fourth-order valence-electron chi connectivity index (χ4n) is 2.66. The molecule has 0 radical (unpaired) electrons. The second kappa shape index (κ2) is 10.4. The van der Waals surface area contributed by atoms with Gasteiger partial charge in [-0.3, -0.25) is 0 Å². The van der Waals surface area contributed by atoms with E-state index in [1.165, 1.54) is 25.7 Å². The van der Waals surface area contributed by atoms with Gasteiger partial charge < -0.3 is 14.7 Å².